The quantitative estimate of drug-likeness (QED) is 0.446. The summed E-state index contributed by atoms with van der Waals surface area (Å²) in [6.07, 6.45) is 0.571. The van der Waals surface area contributed by atoms with Crippen LogP contribution in [-0.2, 0) is 24.3 Å². The third-order valence-corrected chi connectivity index (χ3v) is 6.33. The third kappa shape index (κ3) is 4.33. The number of hydrogen-bond acceptors (Lipinski definition) is 4. The summed E-state index contributed by atoms with van der Waals surface area (Å²) in [4.78, 5) is 41.8. The number of halogens is 1. The van der Waals surface area contributed by atoms with E-state index < -0.39 is 5.69 Å². The van der Waals surface area contributed by atoms with Gasteiger partial charge in [-0.05, 0) is 48.2 Å². The van der Waals surface area contributed by atoms with Gasteiger partial charge in [-0.2, -0.15) is 0 Å². The van der Waals surface area contributed by atoms with Crippen LogP contribution in [0.25, 0.3) is 10.9 Å². The van der Waals surface area contributed by atoms with E-state index >= 15 is 0 Å². The average Bonchev–Trinajstić information content (AvgIpc) is 3.29. The first-order valence-corrected chi connectivity index (χ1v) is 11.0. The highest BCUT2D eigenvalue weighted by Crippen LogP contribution is 2.19. The number of nitrogens with zero attached hydrogens (tertiary/aromatic N) is 3. The van der Waals surface area contributed by atoms with Crippen molar-refractivity contribution in [3.8, 4) is 0 Å². The van der Waals surface area contributed by atoms with Gasteiger partial charge < -0.3 is 4.90 Å². The van der Waals surface area contributed by atoms with E-state index in [1.54, 1.807) is 66.9 Å². The number of para-hydroxylation sites is 1. The largest absolute Gasteiger partial charge is 0.331 e. The van der Waals surface area contributed by atoms with Crippen LogP contribution in [0.5, 0.6) is 0 Å². The Morgan fingerprint density at radius 1 is 1.03 bits per heavy atom. The zero-order valence-corrected chi connectivity index (χ0v) is 18.4. The van der Waals surface area contributed by atoms with Crippen LogP contribution in [0.2, 0.25) is 5.02 Å². The number of hydrogen-bond donors (Lipinski definition) is 0. The maximum absolute atomic E-state index is 13.2. The van der Waals surface area contributed by atoms with E-state index in [1.807, 2.05) is 17.5 Å². The molecule has 6 nitrogen and oxygen atoms in total. The van der Waals surface area contributed by atoms with Gasteiger partial charge in [0.05, 0.1) is 10.9 Å². The molecule has 0 saturated heterocycles. The van der Waals surface area contributed by atoms with Gasteiger partial charge in [0.2, 0.25) is 5.91 Å². The van der Waals surface area contributed by atoms with Gasteiger partial charge in [0.15, 0.2) is 0 Å². The summed E-state index contributed by atoms with van der Waals surface area (Å²) in [7, 11) is 1.63. The number of rotatable bonds is 6. The summed E-state index contributed by atoms with van der Waals surface area (Å²) >= 11 is 7.62. The van der Waals surface area contributed by atoms with E-state index in [2.05, 4.69) is 0 Å². The number of aryl methyl sites for hydroxylation is 1. The molecule has 1 amide bonds. The summed E-state index contributed by atoms with van der Waals surface area (Å²) in [5, 5.41) is 2.88. The van der Waals surface area contributed by atoms with Crippen molar-refractivity contribution >= 4 is 45.4 Å². The standard InChI is InChI=1S/C23H20ClN3O3S/c1-25(17-7-4-6-16(24)14-17)21(28)15-27-20-10-3-2-9-19(20)22(29)26(23(27)30)12-11-18-8-5-13-31-18/h2-10,13-14H,11-12,15H2,1H3. The number of anilines is 1. The van der Waals surface area contributed by atoms with Gasteiger partial charge in [-0.25, -0.2) is 4.79 Å². The van der Waals surface area contributed by atoms with Gasteiger partial charge in [-0.3, -0.25) is 18.7 Å². The maximum atomic E-state index is 13.2. The van der Waals surface area contributed by atoms with Gasteiger partial charge in [0, 0.05) is 29.2 Å². The first-order chi connectivity index (χ1) is 15.0. The molecular formula is C23H20ClN3O3S. The summed E-state index contributed by atoms with van der Waals surface area (Å²) < 4.78 is 2.59. The predicted molar refractivity (Wildman–Crippen MR) is 125 cm³/mol. The molecule has 4 rings (SSSR count). The zero-order chi connectivity index (χ0) is 22.0. The lowest BCUT2D eigenvalue weighted by atomic mass is 10.2. The normalized spacial score (nSPS) is 11.0. The molecule has 2 heterocycles. The first-order valence-electron chi connectivity index (χ1n) is 9.72. The van der Waals surface area contributed by atoms with Crippen molar-refractivity contribution < 1.29 is 4.79 Å². The van der Waals surface area contributed by atoms with Crippen molar-refractivity contribution in [3.63, 3.8) is 0 Å². The molecular weight excluding hydrogens is 434 g/mol. The Hall–Kier alpha value is -3.16. The topological polar surface area (TPSA) is 64.3 Å². The highest BCUT2D eigenvalue weighted by atomic mass is 35.5. The van der Waals surface area contributed by atoms with Crippen LogP contribution in [0, 0.1) is 0 Å². The van der Waals surface area contributed by atoms with Gasteiger partial charge in [0.25, 0.3) is 5.56 Å². The Morgan fingerprint density at radius 2 is 1.84 bits per heavy atom. The van der Waals surface area contributed by atoms with E-state index in [4.69, 9.17) is 11.6 Å². The Morgan fingerprint density at radius 3 is 2.58 bits per heavy atom. The van der Waals surface area contributed by atoms with Crippen LogP contribution in [0.4, 0.5) is 5.69 Å². The van der Waals surface area contributed by atoms with Gasteiger partial charge in [-0.1, -0.05) is 35.9 Å². The number of carbonyl (C=O) groups is 1. The summed E-state index contributed by atoms with van der Waals surface area (Å²) in [6.45, 7) is 0.0585. The third-order valence-electron chi connectivity index (χ3n) is 5.16. The minimum Gasteiger partial charge on any atom is -0.314 e. The number of aromatic nitrogens is 2. The second kappa shape index (κ2) is 8.91. The molecule has 0 spiro atoms. The molecule has 2 aromatic carbocycles. The molecule has 0 unspecified atom stereocenters. The van der Waals surface area contributed by atoms with Gasteiger partial charge in [-0.15, -0.1) is 11.3 Å². The van der Waals surface area contributed by atoms with Gasteiger partial charge in [0.1, 0.15) is 6.54 Å². The molecule has 2 aromatic heterocycles. The Labute approximate surface area is 187 Å². The molecule has 0 aliphatic rings. The van der Waals surface area contributed by atoms with Crippen molar-refractivity contribution in [2.75, 3.05) is 11.9 Å². The van der Waals surface area contributed by atoms with E-state index in [-0.39, 0.29) is 24.6 Å². The van der Waals surface area contributed by atoms with Crippen LogP contribution < -0.4 is 16.1 Å². The zero-order valence-electron chi connectivity index (χ0n) is 16.8. The van der Waals surface area contributed by atoms with Crippen LogP contribution in [0.1, 0.15) is 4.88 Å². The fourth-order valence-electron chi connectivity index (χ4n) is 3.47. The van der Waals surface area contributed by atoms with Gasteiger partial charge >= 0.3 is 5.69 Å². The lowest BCUT2D eigenvalue weighted by molar-refractivity contribution is -0.118. The van der Waals surface area contributed by atoms with Crippen LogP contribution in [0.15, 0.2) is 75.6 Å². The SMILES string of the molecule is CN(C(=O)Cn1c(=O)n(CCc2cccs2)c(=O)c2ccccc21)c1cccc(Cl)c1. The molecule has 0 radical (unpaired) electrons. The lowest BCUT2D eigenvalue weighted by Crippen LogP contribution is -2.43. The Balaban J connectivity index is 1.73. The second-order valence-corrected chi connectivity index (χ2v) is 8.57. The minimum absolute atomic E-state index is 0.193. The summed E-state index contributed by atoms with van der Waals surface area (Å²) in [5.41, 5.74) is 0.232. The molecule has 8 heteroatoms. The fraction of sp³-hybridized carbons (Fsp3) is 0.174. The maximum Gasteiger partial charge on any atom is 0.331 e. The molecule has 31 heavy (non-hydrogen) atoms. The van der Waals surface area contributed by atoms with Crippen LogP contribution in [0.3, 0.4) is 0 Å². The minimum atomic E-state index is -0.492. The average molecular weight is 454 g/mol. The lowest BCUT2D eigenvalue weighted by Gasteiger charge is -2.20. The highest BCUT2D eigenvalue weighted by molar-refractivity contribution is 7.09. The molecule has 0 N–H and O–H groups in total. The van der Waals surface area contributed by atoms with Crippen LogP contribution >= 0.6 is 22.9 Å². The van der Waals surface area contributed by atoms with Crippen molar-refractivity contribution in [1.29, 1.82) is 0 Å². The number of amides is 1. The Kier molecular flexibility index (Phi) is 6.06. The van der Waals surface area contributed by atoms with Crippen molar-refractivity contribution in [3.05, 3.63) is 96.8 Å². The Bertz CT molecular complexity index is 1360. The first kappa shape index (κ1) is 21.1. The van der Waals surface area contributed by atoms with Crippen LogP contribution in [-0.4, -0.2) is 22.1 Å². The number of carbonyl (C=O) groups excluding carboxylic acids is 1. The van der Waals surface area contributed by atoms with E-state index in [0.29, 0.717) is 28.0 Å². The monoisotopic (exact) mass is 453 g/mol. The van der Waals surface area contributed by atoms with E-state index in [9.17, 15) is 14.4 Å². The molecule has 0 saturated carbocycles. The number of fused-ring (bicyclic) bond motifs is 1. The molecule has 0 aliphatic carbocycles. The fourth-order valence-corrected chi connectivity index (χ4v) is 4.35. The number of thiophene rings is 1. The summed E-state index contributed by atoms with van der Waals surface area (Å²) in [6, 6.07) is 17.7. The number of benzene rings is 2. The van der Waals surface area contributed by atoms with Crippen molar-refractivity contribution in [2.45, 2.75) is 19.5 Å². The second-order valence-electron chi connectivity index (χ2n) is 7.10. The molecule has 0 atom stereocenters. The molecule has 158 valence electrons. The van der Waals surface area contributed by atoms with Crippen molar-refractivity contribution in [1.82, 2.24) is 9.13 Å². The summed E-state index contributed by atoms with van der Waals surface area (Å²) in [5.74, 6) is -0.294. The van der Waals surface area contributed by atoms with E-state index in [1.165, 1.54) is 14.0 Å². The number of likely N-dealkylation sites (N-methyl/N-ethyl adjacent to an activating group) is 1. The molecule has 0 bridgehead atoms. The van der Waals surface area contributed by atoms with E-state index in [0.717, 1.165) is 4.88 Å². The van der Waals surface area contributed by atoms with Crippen molar-refractivity contribution in [2.24, 2.45) is 0 Å². The molecule has 4 aromatic rings. The molecule has 0 fully saturated rings. The predicted octanol–water partition coefficient (Wildman–Crippen LogP) is 3.78. The smallest absolute Gasteiger partial charge is 0.314 e. The molecule has 0 aliphatic heterocycles. The highest BCUT2D eigenvalue weighted by Gasteiger charge is 2.18.